The number of hydrogen-bond donors (Lipinski definition) is 1. The zero-order valence-corrected chi connectivity index (χ0v) is 18.8. The van der Waals surface area contributed by atoms with Gasteiger partial charge in [-0.1, -0.05) is 25.8 Å². The van der Waals surface area contributed by atoms with Crippen LogP contribution >= 0.6 is 0 Å². The van der Waals surface area contributed by atoms with E-state index in [1.54, 1.807) is 34.8 Å². The molecule has 0 aliphatic carbocycles. The largest absolute Gasteiger partial charge is 0.335 e. The van der Waals surface area contributed by atoms with Gasteiger partial charge in [-0.25, -0.2) is 13.9 Å². The summed E-state index contributed by atoms with van der Waals surface area (Å²) in [5.74, 6) is -0.611. The predicted molar refractivity (Wildman–Crippen MR) is 125 cm³/mol. The number of likely N-dealkylation sites (tertiary alicyclic amines) is 1. The topological polar surface area (TPSA) is 83.4 Å². The Bertz CT molecular complexity index is 1420. The number of nitrogens with one attached hydrogen (secondary N) is 1. The summed E-state index contributed by atoms with van der Waals surface area (Å²) in [7, 11) is 0. The van der Waals surface area contributed by atoms with Crippen LogP contribution in [0.5, 0.6) is 0 Å². The van der Waals surface area contributed by atoms with Crippen LogP contribution in [0.3, 0.4) is 0 Å². The van der Waals surface area contributed by atoms with Crippen LogP contribution in [0.1, 0.15) is 55.7 Å². The molecule has 0 bridgehead atoms. The molecular weight excluding hydrogens is 421 g/mol. The third-order valence-electron chi connectivity index (χ3n) is 6.51. The Morgan fingerprint density at radius 2 is 2.00 bits per heavy atom. The van der Waals surface area contributed by atoms with Gasteiger partial charge in [0.2, 0.25) is 5.56 Å². The molecule has 33 heavy (non-hydrogen) atoms. The number of rotatable bonds is 3. The summed E-state index contributed by atoms with van der Waals surface area (Å²) in [6.45, 7) is 4.81. The smallest absolute Gasteiger partial charge is 0.272 e. The van der Waals surface area contributed by atoms with Gasteiger partial charge >= 0.3 is 0 Å². The van der Waals surface area contributed by atoms with Crippen molar-refractivity contribution in [2.75, 3.05) is 6.54 Å². The Balaban J connectivity index is 1.60. The molecule has 3 aromatic heterocycles. The highest BCUT2D eigenvalue weighted by atomic mass is 19.1. The fourth-order valence-electron chi connectivity index (χ4n) is 4.64. The third kappa shape index (κ3) is 3.79. The summed E-state index contributed by atoms with van der Waals surface area (Å²) >= 11 is 0. The van der Waals surface area contributed by atoms with Crippen molar-refractivity contribution in [1.29, 1.82) is 0 Å². The molecule has 1 aromatic carbocycles. The van der Waals surface area contributed by atoms with E-state index in [-0.39, 0.29) is 28.6 Å². The van der Waals surface area contributed by atoms with Gasteiger partial charge in [-0.2, -0.15) is 5.10 Å². The zero-order valence-electron chi connectivity index (χ0n) is 18.8. The van der Waals surface area contributed by atoms with Crippen LogP contribution in [0.2, 0.25) is 0 Å². The molecule has 0 saturated carbocycles. The van der Waals surface area contributed by atoms with E-state index in [0.717, 1.165) is 37.9 Å². The van der Waals surface area contributed by atoms with Crippen molar-refractivity contribution in [3.05, 3.63) is 64.0 Å². The van der Waals surface area contributed by atoms with Crippen molar-refractivity contribution in [2.24, 2.45) is 0 Å². The number of carbonyl (C=O) groups is 1. The van der Waals surface area contributed by atoms with E-state index >= 15 is 4.39 Å². The standard InChI is InChI=1S/C25H26FN5O2/c1-3-17-13-20(25(33)30-12-6-4-5-7-15(30)2)27-21-14-19(29-31(17)21)18-10-8-16-9-11-22(32)28-24(16)23(18)26/h8-11,13-15H,3-7,12H2,1-2H3,(H,28,32)/t15-/m1/s1. The van der Waals surface area contributed by atoms with E-state index in [2.05, 4.69) is 22.0 Å². The molecule has 1 aliphatic heterocycles. The molecule has 5 rings (SSSR count). The molecule has 0 unspecified atom stereocenters. The molecule has 0 radical (unpaired) electrons. The number of halogens is 1. The normalized spacial score (nSPS) is 16.9. The van der Waals surface area contributed by atoms with Gasteiger partial charge in [-0.15, -0.1) is 0 Å². The molecule has 1 N–H and O–H groups in total. The van der Waals surface area contributed by atoms with Crippen molar-refractivity contribution in [3.8, 4) is 11.3 Å². The van der Waals surface area contributed by atoms with Crippen LogP contribution in [-0.4, -0.2) is 43.0 Å². The summed E-state index contributed by atoms with van der Waals surface area (Å²) in [6.07, 6.45) is 4.90. The Labute approximate surface area is 190 Å². The number of nitrogens with zero attached hydrogens (tertiary/aromatic N) is 4. The fraction of sp³-hybridized carbons (Fsp3) is 0.360. The number of H-pyrrole nitrogens is 1. The lowest BCUT2D eigenvalue weighted by atomic mass is 10.1. The Morgan fingerprint density at radius 3 is 2.82 bits per heavy atom. The summed E-state index contributed by atoms with van der Waals surface area (Å²) in [4.78, 5) is 34.1. The number of aryl methyl sites for hydroxylation is 1. The molecule has 1 aliphatic rings. The second-order valence-corrected chi connectivity index (χ2v) is 8.70. The first kappa shape index (κ1) is 21.3. The number of benzene rings is 1. The number of carbonyl (C=O) groups excluding carboxylic acids is 1. The van der Waals surface area contributed by atoms with Crippen LogP contribution in [-0.2, 0) is 6.42 Å². The van der Waals surface area contributed by atoms with Gasteiger partial charge in [0.15, 0.2) is 11.5 Å². The number of amides is 1. The summed E-state index contributed by atoms with van der Waals surface area (Å²) in [5, 5.41) is 5.19. The molecular formula is C25H26FN5O2. The average Bonchev–Trinajstić information content (AvgIpc) is 3.12. The maximum absolute atomic E-state index is 15.3. The highest BCUT2D eigenvalue weighted by Gasteiger charge is 2.25. The van der Waals surface area contributed by atoms with Gasteiger partial charge in [0.25, 0.3) is 5.91 Å². The Hall–Kier alpha value is -3.55. The van der Waals surface area contributed by atoms with Gasteiger partial charge in [-0.05, 0) is 44.4 Å². The molecule has 170 valence electrons. The highest BCUT2D eigenvalue weighted by molar-refractivity contribution is 5.93. The second-order valence-electron chi connectivity index (χ2n) is 8.70. The van der Waals surface area contributed by atoms with E-state index in [1.807, 2.05) is 11.8 Å². The first-order valence-electron chi connectivity index (χ1n) is 11.5. The first-order chi connectivity index (χ1) is 16.0. The van der Waals surface area contributed by atoms with E-state index in [9.17, 15) is 9.59 Å². The highest BCUT2D eigenvalue weighted by Crippen LogP contribution is 2.28. The lowest BCUT2D eigenvalue weighted by molar-refractivity contribution is 0.0692. The van der Waals surface area contributed by atoms with Crippen LogP contribution < -0.4 is 5.56 Å². The molecule has 4 aromatic rings. The lowest BCUT2D eigenvalue weighted by Gasteiger charge is -2.27. The maximum atomic E-state index is 15.3. The zero-order chi connectivity index (χ0) is 23.1. The van der Waals surface area contributed by atoms with E-state index in [0.29, 0.717) is 28.8 Å². The van der Waals surface area contributed by atoms with Crippen molar-refractivity contribution in [1.82, 2.24) is 24.5 Å². The molecule has 1 amide bonds. The molecule has 1 saturated heterocycles. The summed E-state index contributed by atoms with van der Waals surface area (Å²) in [6, 6.07) is 10.0. The van der Waals surface area contributed by atoms with Gasteiger partial charge in [0.05, 0.1) is 11.2 Å². The molecule has 8 heteroatoms. The summed E-state index contributed by atoms with van der Waals surface area (Å²) in [5.41, 5.74) is 2.16. The minimum absolute atomic E-state index is 0.0705. The van der Waals surface area contributed by atoms with Crippen LogP contribution in [0.4, 0.5) is 4.39 Å². The van der Waals surface area contributed by atoms with Gasteiger partial charge in [0.1, 0.15) is 5.69 Å². The lowest BCUT2D eigenvalue weighted by Crippen LogP contribution is -2.38. The molecule has 4 heterocycles. The number of aromatic amines is 1. The first-order valence-corrected chi connectivity index (χ1v) is 11.5. The predicted octanol–water partition coefficient (Wildman–Crippen LogP) is 4.34. The van der Waals surface area contributed by atoms with Gasteiger partial charge in [0, 0.05) is 41.4 Å². The maximum Gasteiger partial charge on any atom is 0.272 e. The van der Waals surface area contributed by atoms with E-state index < -0.39 is 5.82 Å². The SMILES string of the molecule is CCc1cc(C(=O)N2CCCCC[C@H]2C)nc2cc(-c3ccc4ccc(=O)[nH]c4c3F)nn12. The van der Waals surface area contributed by atoms with Gasteiger partial charge < -0.3 is 9.88 Å². The van der Waals surface area contributed by atoms with Crippen LogP contribution in [0.25, 0.3) is 27.8 Å². The van der Waals surface area contributed by atoms with Crippen LogP contribution in [0.15, 0.2) is 41.2 Å². The van der Waals surface area contributed by atoms with Crippen molar-refractivity contribution >= 4 is 22.5 Å². The number of hydrogen-bond acceptors (Lipinski definition) is 4. The van der Waals surface area contributed by atoms with Crippen molar-refractivity contribution in [3.63, 3.8) is 0 Å². The van der Waals surface area contributed by atoms with Crippen LogP contribution in [0, 0.1) is 5.82 Å². The quantitative estimate of drug-likeness (QED) is 0.506. The van der Waals surface area contributed by atoms with Gasteiger partial charge in [-0.3, -0.25) is 9.59 Å². The van der Waals surface area contributed by atoms with Crippen molar-refractivity contribution < 1.29 is 9.18 Å². The van der Waals surface area contributed by atoms with E-state index in [1.165, 1.54) is 6.07 Å². The number of aromatic nitrogens is 4. The van der Waals surface area contributed by atoms with Crippen molar-refractivity contribution in [2.45, 2.75) is 52.0 Å². The monoisotopic (exact) mass is 447 g/mol. The minimum atomic E-state index is -0.540. The molecule has 7 nitrogen and oxygen atoms in total. The fourth-order valence-corrected chi connectivity index (χ4v) is 4.64. The number of pyridine rings is 1. The average molecular weight is 448 g/mol. The Kier molecular flexibility index (Phi) is 5.44. The minimum Gasteiger partial charge on any atom is -0.335 e. The third-order valence-corrected chi connectivity index (χ3v) is 6.51. The number of fused-ring (bicyclic) bond motifs is 2. The Morgan fingerprint density at radius 1 is 1.18 bits per heavy atom. The second kappa shape index (κ2) is 8.42. The van der Waals surface area contributed by atoms with E-state index in [4.69, 9.17) is 0 Å². The molecule has 1 atom stereocenters. The molecule has 0 spiro atoms. The molecule has 1 fully saturated rings. The summed E-state index contributed by atoms with van der Waals surface area (Å²) < 4.78 is 16.9.